The van der Waals surface area contributed by atoms with Crippen LogP contribution in [0.2, 0.25) is 0 Å². The number of carbonyl (C=O) groups is 2. The number of amides is 1. The minimum atomic E-state index is -0.190. The molecule has 1 N–H and O–H groups in total. The van der Waals surface area contributed by atoms with Crippen molar-refractivity contribution in [3.8, 4) is 0 Å². The Balaban J connectivity index is 2.30. The van der Waals surface area contributed by atoms with Gasteiger partial charge in [-0.25, -0.2) is 0 Å². The van der Waals surface area contributed by atoms with Crippen molar-refractivity contribution >= 4 is 23.5 Å². The van der Waals surface area contributed by atoms with Crippen LogP contribution in [-0.4, -0.2) is 29.7 Å². The molecule has 1 rings (SSSR count). The molecule has 0 radical (unpaired) electrons. The quantitative estimate of drug-likeness (QED) is 0.703. The Morgan fingerprint density at radius 2 is 2.50 bits per heavy atom. The Morgan fingerprint density at radius 3 is 3.00 bits per heavy atom. The van der Waals surface area contributed by atoms with Gasteiger partial charge in [-0.15, -0.1) is 0 Å². The van der Waals surface area contributed by atoms with Crippen LogP contribution >= 0.6 is 11.8 Å². The summed E-state index contributed by atoms with van der Waals surface area (Å²) in [5, 5.41) is 2.72. The number of hydrogen-bond donors (Lipinski definition) is 1. The first-order chi connectivity index (χ1) is 5.74. The van der Waals surface area contributed by atoms with Crippen molar-refractivity contribution in [2.75, 3.05) is 12.0 Å². The van der Waals surface area contributed by atoms with E-state index in [1.165, 1.54) is 11.8 Å². The Labute approximate surface area is 76.3 Å². The van der Waals surface area contributed by atoms with Crippen molar-refractivity contribution in [1.82, 2.24) is 5.32 Å². The molecule has 68 valence electrons. The molecule has 0 aromatic rings. The van der Waals surface area contributed by atoms with Crippen LogP contribution in [-0.2, 0) is 9.59 Å². The van der Waals surface area contributed by atoms with E-state index in [1.807, 2.05) is 6.26 Å². The Kier molecular flexibility index (Phi) is 3.59. The van der Waals surface area contributed by atoms with E-state index in [0.29, 0.717) is 12.2 Å². The predicted molar refractivity (Wildman–Crippen MR) is 49.2 cm³/mol. The maximum absolute atomic E-state index is 11.1. The fourth-order valence-corrected chi connectivity index (χ4v) is 1.68. The molecule has 1 unspecified atom stereocenters. The molecule has 0 aliphatic heterocycles. The van der Waals surface area contributed by atoms with E-state index in [9.17, 15) is 9.59 Å². The van der Waals surface area contributed by atoms with Crippen molar-refractivity contribution in [3.05, 3.63) is 0 Å². The highest BCUT2D eigenvalue weighted by Crippen LogP contribution is 2.14. The van der Waals surface area contributed by atoms with Gasteiger partial charge in [0, 0.05) is 6.42 Å². The largest absolute Gasteiger partial charge is 0.346 e. The highest BCUT2D eigenvalue weighted by atomic mass is 32.2. The molecule has 1 atom stereocenters. The number of hydrogen-bond acceptors (Lipinski definition) is 3. The van der Waals surface area contributed by atoms with Gasteiger partial charge < -0.3 is 5.32 Å². The zero-order valence-corrected chi connectivity index (χ0v) is 7.95. The average molecular weight is 187 g/mol. The van der Waals surface area contributed by atoms with Gasteiger partial charge in [0.1, 0.15) is 0 Å². The molecule has 0 saturated heterocycles. The minimum absolute atomic E-state index is 0.0252. The maximum atomic E-state index is 11.1. The normalized spacial score (nSPS) is 22.8. The first kappa shape index (κ1) is 9.58. The number of thioether (sulfide) groups is 1. The van der Waals surface area contributed by atoms with Crippen LogP contribution < -0.4 is 5.32 Å². The van der Waals surface area contributed by atoms with Crippen LogP contribution in [0.15, 0.2) is 0 Å². The Bertz CT molecular complexity index is 193. The summed E-state index contributed by atoms with van der Waals surface area (Å²) in [6.45, 7) is 0. The molecule has 1 amide bonds. The molecule has 0 heterocycles. The van der Waals surface area contributed by atoms with Crippen LogP contribution in [0.3, 0.4) is 0 Å². The lowest BCUT2D eigenvalue weighted by atomic mass is 10.2. The molecule has 3 nitrogen and oxygen atoms in total. The molecule has 0 aromatic heterocycles. The van der Waals surface area contributed by atoms with Gasteiger partial charge in [-0.1, -0.05) is 0 Å². The molecule has 1 aliphatic carbocycles. The topological polar surface area (TPSA) is 46.2 Å². The summed E-state index contributed by atoms with van der Waals surface area (Å²) in [7, 11) is 0. The minimum Gasteiger partial charge on any atom is -0.346 e. The zero-order valence-electron chi connectivity index (χ0n) is 7.13. The SMILES string of the molecule is CSCC(=O)NC1CCCC1=O. The third-order valence-corrected chi connectivity index (χ3v) is 2.47. The van der Waals surface area contributed by atoms with E-state index >= 15 is 0 Å². The standard InChI is InChI=1S/C8H13NO2S/c1-12-5-8(11)9-6-3-2-4-7(6)10/h6H,2-5H2,1H3,(H,9,11). The summed E-state index contributed by atoms with van der Waals surface area (Å²) < 4.78 is 0. The smallest absolute Gasteiger partial charge is 0.230 e. The average Bonchev–Trinajstić information content (AvgIpc) is 2.37. The molecule has 1 aliphatic rings. The monoisotopic (exact) mass is 187 g/mol. The number of ketones is 1. The van der Waals surface area contributed by atoms with Crippen molar-refractivity contribution in [2.45, 2.75) is 25.3 Å². The first-order valence-electron chi connectivity index (χ1n) is 4.05. The second-order valence-corrected chi connectivity index (χ2v) is 3.78. The van der Waals surface area contributed by atoms with Crippen LogP contribution in [0.1, 0.15) is 19.3 Å². The summed E-state index contributed by atoms with van der Waals surface area (Å²) in [5.41, 5.74) is 0. The van der Waals surface area contributed by atoms with E-state index in [-0.39, 0.29) is 17.7 Å². The molecular weight excluding hydrogens is 174 g/mol. The molecule has 1 saturated carbocycles. The second-order valence-electron chi connectivity index (χ2n) is 2.91. The van der Waals surface area contributed by atoms with E-state index in [2.05, 4.69) is 5.32 Å². The van der Waals surface area contributed by atoms with Crippen molar-refractivity contribution in [2.24, 2.45) is 0 Å². The molecule has 4 heteroatoms. The van der Waals surface area contributed by atoms with Crippen molar-refractivity contribution < 1.29 is 9.59 Å². The van der Waals surface area contributed by atoms with Gasteiger partial charge in [0.05, 0.1) is 11.8 Å². The lowest BCUT2D eigenvalue weighted by Gasteiger charge is -2.09. The second kappa shape index (κ2) is 4.50. The summed E-state index contributed by atoms with van der Waals surface area (Å²) >= 11 is 1.47. The fraction of sp³-hybridized carbons (Fsp3) is 0.750. The van der Waals surface area contributed by atoms with Gasteiger partial charge in [0.2, 0.25) is 5.91 Å². The summed E-state index contributed by atoms with van der Waals surface area (Å²) in [6.07, 6.45) is 4.24. The summed E-state index contributed by atoms with van der Waals surface area (Å²) in [4.78, 5) is 22.2. The molecule has 0 spiro atoms. The third-order valence-electron chi connectivity index (χ3n) is 1.92. The van der Waals surface area contributed by atoms with Gasteiger partial charge in [-0.3, -0.25) is 9.59 Å². The lowest BCUT2D eigenvalue weighted by molar-refractivity contribution is -0.125. The van der Waals surface area contributed by atoms with Crippen LogP contribution in [0.25, 0.3) is 0 Å². The molecule has 1 fully saturated rings. The first-order valence-corrected chi connectivity index (χ1v) is 5.44. The van der Waals surface area contributed by atoms with E-state index < -0.39 is 0 Å². The van der Waals surface area contributed by atoms with Gasteiger partial charge in [0.25, 0.3) is 0 Å². The Morgan fingerprint density at radius 1 is 1.75 bits per heavy atom. The number of carbonyl (C=O) groups excluding carboxylic acids is 2. The van der Waals surface area contributed by atoms with Crippen LogP contribution in [0.4, 0.5) is 0 Å². The van der Waals surface area contributed by atoms with E-state index in [0.717, 1.165) is 12.8 Å². The van der Waals surface area contributed by atoms with Crippen LogP contribution in [0.5, 0.6) is 0 Å². The van der Waals surface area contributed by atoms with Gasteiger partial charge in [-0.05, 0) is 19.1 Å². The van der Waals surface area contributed by atoms with E-state index in [1.54, 1.807) is 0 Å². The molecule has 0 aromatic carbocycles. The fourth-order valence-electron chi connectivity index (χ4n) is 1.34. The lowest BCUT2D eigenvalue weighted by Crippen LogP contribution is -2.38. The predicted octanol–water partition coefficient (Wildman–Crippen LogP) is 0.587. The third kappa shape index (κ3) is 2.52. The van der Waals surface area contributed by atoms with E-state index in [4.69, 9.17) is 0 Å². The summed E-state index contributed by atoms with van der Waals surface area (Å²) in [6, 6.07) is -0.190. The maximum Gasteiger partial charge on any atom is 0.230 e. The Hall–Kier alpha value is -0.510. The van der Waals surface area contributed by atoms with Crippen molar-refractivity contribution in [3.63, 3.8) is 0 Å². The molecule has 12 heavy (non-hydrogen) atoms. The van der Waals surface area contributed by atoms with Crippen LogP contribution in [0, 0.1) is 0 Å². The van der Waals surface area contributed by atoms with Crippen molar-refractivity contribution in [1.29, 1.82) is 0 Å². The van der Waals surface area contributed by atoms with Gasteiger partial charge >= 0.3 is 0 Å². The molecule has 0 bridgehead atoms. The zero-order chi connectivity index (χ0) is 8.97. The molecular formula is C8H13NO2S. The van der Waals surface area contributed by atoms with Gasteiger partial charge in [0.15, 0.2) is 5.78 Å². The number of Topliss-reactive ketones (excluding diaryl/α,β-unsaturated/α-hetero) is 1. The highest BCUT2D eigenvalue weighted by molar-refractivity contribution is 7.99. The highest BCUT2D eigenvalue weighted by Gasteiger charge is 2.25. The summed E-state index contributed by atoms with van der Waals surface area (Å²) in [5.74, 6) is 0.608. The number of nitrogens with one attached hydrogen (secondary N) is 1. The van der Waals surface area contributed by atoms with Gasteiger partial charge in [-0.2, -0.15) is 11.8 Å². The number of rotatable bonds is 3.